The van der Waals surface area contributed by atoms with E-state index in [0.29, 0.717) is 17.9 Å². The minimum absolute atomic E-state index is 0.00470. The molecule has 3 aliphatic rings. The van der Waals surface area contributed by atoms with Gasteiger partial charge in [-0.2, -0.15) is 0 Å². The van der Waals surface area contributed by atoms with Crippen LogP contribution in [0.3, 0.4) is 0 Å². The van der Waals surface area contributed by atoms with E-state index in [-0.39, 0.29) is 5.54 Å². The van der Waals surface area contributed by atoms with Crippen LogP contribution in [0.25, 0.3) is 0 Å². The maximum absolute atomic E-state index is 12.5. The van der Waals surface area contributed by atoms with Crippen molar-refractivity contribution < 1.29 is 4.79 Å². The highest BCUT2D eigenvalue weighted by Gasteiger charge is 2.46. The van der Waals surface area contributed by atoms with Crippen LogP contribution >= 0.6 is 0 Å². The molecule has 19 heavy (non-hydrogen) atoms. The fourth-order valence-electron chi connectivity index (χ4n) is 3.83. The minimum Gasteiger partial charge on any atom is -0.336 e. The number of amides is 1. The number of rotatable bonds is 2. The van der Waals surface area contributed by atoms with E-state index < -0.39 is 0 Å². The highest BCUT2D eigenvalue weighted by atomic mass is 16.2. The van der Waals surface area contributed by atoms with E-state index >= 15 is 0 Å². The SMILES string of the molecule is CC1(C)C(N2CCNCC2)CCCN1C(=O)C1CC1. The lowest BCUT2D eigenvalue weighted by Gasteiger charge is -2.53. The largest absolute Gasteiger partial charge is 0.336 e. The van der Waals surface area contributed by atoms with Gasteiger partial charge in [0.2, 0.25) is 5.91 Å². The van der Waals surface area contributed by atoms with Crippen LogP contribution in [0.2, 0.25) is 0 Å². The number of hydrogen-bond acceptors (Lipinski definition) is 3. The second-order valence-electron chi connectivity index (χ2n) is 6.86. The third kappa shape index (κ3) is 2.52. The summed E-state index contributed by atoms with van der Waals surface area (Å²) in [5.74, 6) is 0.769. The zero-order valence-electron chi connectivity index (χ0n) is 12.3. The van der Waals surface area contributed by atoms with Gasteiger partial charge in [0.25, 0.3) is 0 Å². The summed E-state index contributed by atoms with van der Waals surface area (Å²) in [6.45, 7) is 9.94. The van der Waals surface area contributed by atoms with Gasteiger partial charge in [-0.25, -0.2) is 0 Å². The molecule has 0 aromatic rings. The number of carbonyl (C=O) groups excluding carboxylic acids is 1. The maximum Gasteiger partial charge on any atom is 0.226 e. The Bertz CT molecular complexity index is 345. The number of hydrogen-bond donors (Lipinski definition) is 1. The number of piperidine rings is 1. The highest BCUT2D eigenvalue weighted by molar-refractivity contribution is 5.82. The Balaban J connectivity index is 1.74. The van der Waals surface area contributed by atoms with Gasteiger partial charge in [0, 0.05) is 44.7 Å². The number of piperazine rings is 1. The van der Waals surface area contributed by atoms with Crippen molar-refractivity contribution in [3.8, 4) is 0 Å². The van der Waals surface area contributed by atoms with Crippen LogP contribution in [0.5, 0.6) is 0 Å². The first kappa shape index (κ1) is 13.4. The topological polar surface area (TPSA) is 35.6 Å². The van der Waals surface area contributed by atoms with Gasteiger partial charge in [0.05, 0.1) is 5.54 Å². The Kier molecular flexibility index (Phi) is 3.56. The summed E-state index contributed by atoms with van der Waals surface area (Å²) in [6, 6.07) is 0.533. The molecule has 1 saturated carbocycles. The lowest BCUT2D eigenvalue weighted by molar-refractivity contribution is -0.144. The van der Waals surface area contributed by atoms with E-state index in [2.05, 4.69) is 29.0 Å². The van der Waals surface area contributed by atoms with Crippen LogP contribution < -0.4 is 5.32 Å². The first-order valence-corrected chi connectivity index (χ1v) is 7.87. The molecule has 108 valence electrons. The fourth-order valence-corrected chi connectivity index (χ4v) is 3.83. The van der Waals surface area contributed by atoms with Gasteiger partial charge >= 0.3 is 0 Å². The second kappa shape index (κ2) is 5.06. The number of likely N-dealkylation sites (tertiary alicyclic amines) is 1. The second-order valence-corrected chi connectivity index (χ2v) is 6.86. The van der Waals surface area contributed by atoms with Gasteiger partial charge in [-0.15, -0.1) is 0 Å². The molecule has 0 spiro atoms. The van der Waals surface area contributed by atoms with Crippen LogP contribution in [0, 0.1) is 5.92 Å². The van der Waals surface area contributed by atoms with Crippen molar-refractivity contribution in [1.29, 1.82) is 0 Å². The van der Waals surface area contributed by atoms with Gasteiger partial charge in [-0.1, -0.05) is 0 Å². The number of carbonyl (C=O) groups is 1. The van der Waals surface area contributed by atoms with E-state index in [9.17, 15) is 4.79 Å². The summed E-state index contributed by atoms with van der Waals surface area (Å²) in [5.41, 5.74) is -0.00470. The predicted molar refractivity (Wildman–Crippen MR) is 76.0 cm³/mol. The van der Waals surface area contributed by atoms with Crippen molar-refractivity contribution in [2.24, 2.45) is 5.92 Å². The molecular formula is C15H27N3O. The molecule has 0 bridgehead atoms. The standard InChI is InChI=1S/C15H27N3O/c1-15(2)13(17-10-7-16-8-11-17)4-3-9-18(15)14(19)12-5-6-12/h12-13,16H,3-11H2,1-2H3. The average Bonchev–Trinajstić information content (AvgIpc) is 3.22. The first-order valence-electron chi connectivity index (χ1n) is 7.87. The quantitative estimate of drug-likeness (QED) is 0.811. The van der Waals surface area contributed by atoms with E-state index in [0.717, 1.165) is 52.0 Å². The van der Waals surface area contributed by atoms with Gasteiger partial charge in [-0.3, -0.25) is 9.69 Å². The third-order valence-corrected chi connectivity index (χ3v) is 5.16. The monoisotopic (exact) mass is 265 g/mol. The van der Waals surface area contributed by atoms with Crippen molar-refractivity contribution in [3.63, 3.8) is 0 Å². The minimum atomic E-state index is -0.00470. The normalized spacial score (nSPS) is 32.3. The van der Waals surface area contributed by atoms with Gasteiger partial charge in [-0.05, 0) is 39.5 Å². The summed E-state index contributed by atoms with van der Waals surface area (Å²) < 4.78 is 0. The van der Waals surface area contributed by atoms with E-state index in [4.69, 9.17) is 0 Å². The summed E-state index contributed by atoms with van der Waals surface area (Å²) >= 11 is 0. The van der Waals surface area contributed by atoms with Crippen LogP contribution in [0.1, 0.15) is 39.5 Å². The van der Waals surface area contributed by atoms with Crippen LogP contribution in [-0.2, 0) is 4.79 Å². The Morgan fingerprint density at radius 3 is 2.42 bits per heavy atom. The van der Waals surface area contributed by atoms with Crippen molar-refractivity contribution >= 4 is 5.91 Å². The van der Waals surface area contributed by atoms with Crippen LogP contribution in [0.15, 0.2) is 0 Å². The molecule has 2 heterocycles. The number of nitrogens with one attached hydrogen (secondary N) is 1. The Morgan fingerprint density at radius 2 is 1.79 bits per heavy atom. The Morgan fingerprint density at radius 1 is 1.11 bits per heavy atom. The molecule has 0 aromatic carbocycles. The van der Waals surface area contributed by atoms with Gasteiger partial charge in [0.1, 0.15) is 0 Å². The van der Waals surface area contributed by atoms with Crippen molar-refractivity contribution in [3.05, 3.63) is 0 Å². The van der Waals surface area contributed by atoms with E-state index in [1.807, 2.05) is 0 Å². The lowest BCUT2D eigenvalue weighted by atomic mass is 9.83. The molecule has 1 aliphatic carbocycles. The highest BCUT2D eigenvalue weighted by Crippen LogP contribution is 2.38. The molecule has 0 aromatic heterocycles. The third-order valence-electron chi connectivity index (χ3n) is 5.16. The van der Waals surface area contributed by atoms with Crippen molar-refractivity contribution in [1.82, 2.24) is 15.1 Å². The molecule has 1 unspecified atom stereocenters. The molecule has 4 nitrogen and oxygen atoms in total. The summed E-state index contributed by atoms with van der Waals surface area (Å²) in [7, 11) is 0. The number of nitrogens with zero attached hydrogens (tertiary/aromatic N) is 2. The first-order chi connectivity index (χ1) is 9.10. The van der Waals surface area contributed by atoms with Crippen LogP contribution in [0.4, 0.5) is 0 Å². The fraction of sp³-hybridized carbons (Fsp3) is 0.933. The molecule has 1 N–H and O–H groups in total. The van der Waals surface area contributed by atoms with Gasteiger partial charge in [0.15, 0.2) is 0 Å². The van der Waals surface area contributed by atoms with E-state index in [1.165, 1.54) is 6.42 Å². The van der Waals surface area contributed by atoms with E-state index in [1.54, 1.807) is 0 Å². The van der Waals surface area contributed by atoms with Crippen molar-refractivity contribution in [2.45, 2.75) is 51.1 Å². The van der Waals surface area contributed by atoms with Gasteiger partial charge < -0.3 is 10.2 Å². The average molecular weight is 265 g/mol. The Labute approximate surface area is 116 Å². The summed E-state index contributed by atoms with van der Waals surface area (Å²) in [5, 5.41) is 3.42. The lowest BCUT2D eigenvalue weighted by Crippen LogP contribution is -2.65. The summed E-state index contributed by atoms with van der Waals surface area (Å²) in [6.07, 6.45) is 4.63. The maximum atomic E-state index is 12.5. The molecule has 2 aliphatic heterocycles. The van der Waals surface area contributed by atoms with Crippen molar-refractivity contribution in [2.75, 3.05) is 32.7 Å². The molecular weight excluding hydrogens is 238 g/mol. The molecule has 3 fully saturated rings. The molecule has 2 saturated heterocycles. The molecule has 3 rings (SSSR count). The Hall–Kier alpha value is -0.610. The molecule has 0 radical (unpaired) electrons. The zero-order chi connectivity index (χ0) is 13.5. The zero-order valence-corrected chi connectivity index (χ0v) is 12.3. The molecule has 1 amide bonds. The molecule has 1 atom stereocenters. The molecule has 4 heteroatoms. The van der Waals surface area contributed by atoms with Crippen LogP contribution in [-0.4, -0.2) is 60.0 Å². The smallest absolute Gasteiger partial charge is 0.226 e. The summed E-state index contributed by atoms with van der Waals surface area (Å²) in [4.78, 5) is 17.3. The predicted octanol–water partition coefficient (Wildman–Crippen LogP) is 1.07.